The number of carbonyl (C=O) groups is 1. The van der Waals surface area contributed by atoms with Crippen LogP contribution in [0.2, 0.25) is 0 Å². The van der Waals surface area contributed by atoms with Crippen LogP contribution in [0.4, 0.5) is 0 Å². The van der Waals surface area contributed by atoms with Crippen molar-refractivity contribution < 1.29 is 44.2 Å². The maximum Gasteiger partial charge on any atom is 1.00 e. The molecule has 1 N–H and O–H groups in total. The molecule has 4 heteroatoms. The van der Waals surface area contributed by atoms with E-state index in [1.54, 1.807) is 0 Å². The topological polar surface area (TPSA) is 37.3 Å². The average molecular weight is 172 g/mol. The molecule has 0 radical (unpaired) electrons. The van der Waals surface area contributed by atoms with E-state index in [1.807, 2.05) is 0 Å². The van der Waals surface area contributed by atoms with Gasteiger partial charge in [0.1, 0.15) is 0 Å². The van der Waals surface area contributed by atoms with E-state index in [2.05, 4.69) is 6.92 Å². The van der Waals surface area contributed by atoms with Crippen LogP contribution in [-0.4, -0.2) is 11.1 Å². The van der Waals surface area contributed by atoms with Crippen LogP contribution in [0.5, 0.6) is 0 Å². The molecule has 0 saturated carbocycles. The molecule has 0 aromatic heterocycles. The Morgan fingerprint density at radius 2 is 1.82 bits per heavy atom. The molecule has 0 bridgehead atoms. The summed E-state index contributed by atoms with van der Waals surface area (Å²) in [5.74, 6) is -0.675. The molecule has 0 fully saturated rings. The van der Waals surface area contributed by atoms with Crippen LogP contribution in [0.15, 0.2) is 0 Å². The molecule has 0 aromatic carbocycles. The number of carboxylic acids is 1. The van der Waals surface area contributed by atoms with Crippen LogP contribution < -0.4 is 34.3 Å². The van der Waals surface area contributed by atoms with E-state index in [0.29, 0.717) is 6.42 Å². The van der Waals surface area contributed by atoms with Gasteiger partial charge in [-0.15, -0.1) is 0 Å². The monoisotopic (exact) mass is 172 g/mol. The van der Waals surface area contributed by atoms with Gasteiger partial charge in [0.15, 0.2) is 0 Å². The number of carboxylic acid groups (broad SMARTS) is 1. The molecule has 0 spiro atoms. The fourth-order valence-corrected chi connectivity index (χ4v) is 0.703. The molecule has 0 heterocycles. The summed E-state index contributed by atoms with van der Waals surface area (Å²) in [6.45, 7) is 2.11. The van der Waals surface area contributed by atoms with Crippen LogP contribution in [0.25, 0.3) is 0 Å². The minimum atomic E-state index is -0.675. The first kappa shape index (κ1) is 17.5. The van der Waals surface area contributed by atoms with Crippen molar-refractivity contribution in [2.24, 2.45) is 0 Å². The van der Waals surface area contributed by atoms with Gasteiger partial charge in [0.05, 0.1) is 0 Å². The van der Waals surface area contributed by atoms with E-state index < -0.39 is 5.97 Å². The summed E-state index contributed by atoms with van der Waals surface area (Å²) in [6.07, 6.45) is 4.55. The Kier molecular flexibility index (Phi) is 20.7. The third-order valence-corrected chi connectivity index (χ3v) is 1.24. The fourth-order valence-electron chi connectivity index (χ4n) is 0.703. The molecule has 2 nitrogen and oxygen atoms in total. The molecular weight excluding hydrogens is 158 g/mol. The normalized spacial score (nSPS) is 7.73. The van der Waals surface area contributed by atoms with Gasteiger partial charge < -0.3 is 9.81 Å². The fraction of sp³-hybridized carbons (Fsp3) is 0.857. The minimum absolute atomic E-state index is 0. The van der Waals surface area contributed by atoms with E-state index in [9.17, 15) is 4.79 Å². The second kappa shape index (κ2) is 13.0. The summed E-state index contributed by atoms with van der Waals surface area (Å²) >= 11 is 0. The second-order valence-corrected chi connectivity index (χ2v) is 2.20. The number of unbranched alkanes of at least 4 members (excludes halogenated alkanes) is 3. The number of aliphatic carboxylic acids is 1. The van der Waals surface area contributed by atoms with Crippen molar-refractivity contribution in [3.8, 4) is 0 Å². The molecule has 0 saturated heterocycles. The van der Waals surface area contributed by atoms with Gasteiger partial charge in [-0.3, -0.25) is 4.79 Å². The van der Waals surface area contributed by atoms with Crippen molar-refractivity contribution in [2.45, 2.75) is 39.0 Å². The summed E-state index contributed by atoms with van der Waals surface area (Å²) in [7, 11) is 0. The standard InChI is InChI=1S/C7H14O2.FH.Na/c1-2-3-4-5-6-7(8)9;;/h2-6H2,1H3,(H,8,9);1H;/q;;+1/p-1. The van der Waals surface area contributed by atoms with Gasteiger partial charge in [0.25, 0.3) is 0 Å². The first-order valence-electron chi connectivity index (χ1n) is 3.49. The average Bonchev–Trinajstić information content (AvgIpc) is 1.80. The second-order valence-electron chi connectivity index (χ2n) is 2.20. The van der Waals surface area contributed by atoms with Gasteiger partial charge in [-0.25, -0.2) is 0 Å². The zero-order valence-electron chi connectivity index (χ0n) is 7.27. The van der Waals surface area contributed by atoms with E-state index >= 15 is 0 Å². The zero-order chi connectivity index (χ0) is 7.11. The number of hydrogen-bond donors (Lipinski definition) is 1. The molecule has 0 unspecified atom stereocenters. The molecule has 0 aliphatic heterocycles. The smallest absolute Gasteiger partial charge is 1.00 e. The first-order valence-corrected chi connectivity index (χ1v) is 3.49. The predicted molar refractivity (Wildman–Crippen MR) is 36.4 cm³/mol. The van der Waals surface area contributed by atoms with Crippen LogP contribution in [-0.2, 0) is 4.79 Å². The van der Waals surface area contributed by atoms with Crippen molar-refractivity contribution >= 4 is 5.97 Å². The van der Waals surface area contributed by atoms with Gasteiger partial charge in [-0.1, -0.05) is 26.2 Å². The number of rotatable bonds is 5. The van der Waals surface area contributed by atoms with Crippen molar-refractivity contribution in [3.63, 3.8) is 0 Å². The molecule has 0 amide bonds. The van der Waals surface area contributed by atoms with Gasteiger partial charge in [0.2, 0.25) is 0 Å². The Morgan fingerprint density at radius 3 is 2.18 bits per heavy atom. The Morgan fingerprint density at radius 1 is 1.27 bits per heavy atom. The van der Waals surface area contributed by atoms with Crippen LogP contribution >= 0.6 is 0 Å². The molecule has 0 atom stereocenters. The number of halogens is 1. The number of hydrogen-bond acceptors (Lipinski definition) is 1. The quantitative estimate of drug-likeness (QED) is 0.339. The third-order valence-electron chi connectivity index (χ3n) is 1.24. The minimum Gasteiger partial charge on any atom is -1.00 e. The van der Waals surface area contributed by atoms with Crippen molar-refractivity contribution in [3.05, 3.63) is 0 Å². The Labute approximate surface area is 89.0 Å². The van der Waals surface area contributed by atoms with Crippen LogP contribution in [0.1, 0.15) is 39.0 Å². The van der Waals surface area contributed by atoms with Gasteiger partial charge in [-0.05, 0) is 6.42 Å². The van der Waals surface area contributed by atoms with Crippen LogP contribution in [0, 0.1) is 0 Å². The molecule has 0 aliphatic carbocycles. The molecule has 11 heavy (non-hydrogen) atoms. The summed E-state index contributed by atoms with van der Waals surface area (Å²) < 4.78 is 0. The van der Waals surface area contributed by atoms with Crippen LogP contribution in [0.3, 0.4) is 0 Å². The van der Waals surface area contributed by atoms with E-state index in [1.165, 1.54) is 6.42 Å². The first-order chi connectivity index (χ1) is 4.27. The van der Waals surface area contributed by atoms with Crippen molar-refractivity contribution in [1.82, 2.24) is 0 Å². The van der Waals surface area contributed by atoms with Crippen molar-refractivity contribution in [1.29, 1.82) is 0 Å². The van der Waals surface area contributed by atoms with Crippen molar-refractivity contribution in [2.75, 3.05) is 0 Å². The van der Waals surface area contributed by atoms with E-state index in [-0.39, 0.29) is 34.3 Å². The summed E-state index contributed by atoms with van der Waals surface area (Å²) in [5, 5.41) is 8.21. The maximum atomic E-state index is 9.96. The Balaban J connectivity index is -0.000000320. The van der Waals surface area contributed by atoms with Gasteiger partial charge in [-0.2, -0.15) is 0 Å². The molecule has 0 aromatic rings. The molecule has 0 aliphatic rings. The van der Waals surface area contributed by atoms with Gasteiger partial charge in [0, 0.05) is 6.42 Å². The SMILES string of the molecule is CCCCCCC(=O)O.[F-].[Na+]. The molecule has 0 rings (SSSR count). The van der Waals surface area contributed by atoms with E-state index in [4.69, 9.17) is 5.11 Å². The molecular formula is C7H14FNaO2. The summed E-state index contributed by atoms with van der Waals surface area (Å²) in [5.41, 5.74) is 0. The Hall–Kier alpha value is 0.400. The molecule has 62 valence electrons. The predicted octanol–water partition coefficient (Wildman–Crippen LogP) is -3.95. The largest absolute Gasteiger partial charge is 1.00 e. The summed E-state index contributed by atoms with van der Waals surface area (Å²) in [6, 6.07) is 0. The van der Waals surface area contributed by atoms with E-state index in [0.717, 1.165) is 19.3 Å². The zero-order valence-corrected chi connectivity index (χ0v) is 9.27. The maximum absolute atomic E-state index is 9.96. The Bertz CT molecular complexity index is 88.5. The third kappa shape index (κ3) is 17.9. The summed E-state index contributed by atoms with van der Waals surface area (Å²) in [4.78, 5) is 9.96. The van der Waals surface area contributed by atoms with Gasteiger partial charge >= 0.3 is 35.5 Å².